The first-order valence-corrected chi connectivity index (χ1v) is 6.06. The van der Waals surface area contributed by atoms with Crippen LogP contribution in [0.15, 0.2) is 16.7 Å². The van der Waals surface area contributed by atoms with Gasteiger partial charge in [0, 0.05) is 6.54 Å². The van der Waals surface area contributed by atoms with E-state index in [1.54, 1.807) is 6.07 Å². The van der Waals surface area contributed by atoms with Crippen LogP contribution >= 0.6 is 11.6 Å². The molecule has 4 heteroatoms. The Morgan fingerprint density at radius 1 is 1.62 bits per heavy atom. The first-order chi connectivity index (χ1) is 7.67. The fraction of sp³-hybridized carbons (Fsp3) is 0.583. The van der Waals surface area contributed by atoms with Gasteiger partial charge in [0.2, 0.25) is 5.22 Å². The number of halogens is 1. The molecule has 1 fully saturated rings. The molecule has 3 nitrogen and oxygen atoms in total. The molecule has 1 heterocycles. The maximum atomic E-state index is 11.7. The Morgan fingerprint density at radius 2 is 2.38 bits per heavy atom. The van der Waals surface area contributed by atoms with E-state index in [0.717, 1.165) is 6.54 Å². The van der Waals surface area contributed by atoms with Gasteiger partial charge in [0.25, 0.3) is 5.91 Å². The minimum atomic E-state index is -0.138. The summed E-state index contributed by atoms with van der Waals surface area (Å²) < 4.78 is 4.89. The fourth-order valence-electron chi connectivity index (χ4n) is 2.04. The molecule has 0 aliphatic heterocycles. The van der Waals surface area contributed by atoms with Crippen molar-refractivity contribution < 1.29 is 9.21 Å². The molecule has 1 N–H and O–H groups in total. The molecular formula is C12H16ClNO2. The molecule has 0 bridgehead atoms. The predicted molar refractivity (Wildman–Crippen MR) is 62.6 cm³/mol. The van der Waals surface area contributed by atoms with E-state index in [4.69, 9.17) is 16.0 Å². The number of carbonyl (C=O) groups is 1. The number of carbonyl (C=O) groups excluding carboxylic acids is 1. The second-order valence-electron chi connectivity index (χ2n) is 4.54. The molecule has 0 aromatic carbocycles. The number of amides is 1. The molecule has 2 rings (SSSR count). The first kappa shape index (κ1) is 11.5. The Hall–Kier alpha value is -0.960. The van der Waals surface area contributed by atoms with E-state index in [0.29, 0.717) is 11.0 Å². The largest absolute Gasteiger partial charge is 0.452 e. The van der Waals surface area contributed by atoms with Gasteiger partial charge in [-0.25, -0.2) is 0 Å². The zero-order valence-electron chi connectivity index (χ0n) is 9.38. The molecule has 1 amide bonds. The highest BCUT2D eigenvalue weighted by Gasteiger charge is 2.41. The van der Waals surface area contributed by atoms with Gasteiger partial charge in [-0.15, -0.1) is 0 Å². The van der Waals surface area contributed by atoms with Crippen LogP contribution in [0.3, 0.4) is 0 Å². The molecular weight excluding hydrogens is 226 g/mol. The Labute approximate surface area is 100 Å². The van der Waals surface area contributed by atoms with Gasteiger partial charge < -0.3 is 9.73 Å². The SMILES string of the molecule is CCCC1(CNC(=O)c2ccoc2Cl)CC1. The van der Waals surface area contributed by atoms with Crippen LogP contribution in [0.25, 0.3) is 0 Å². The number of rotatable bonds is 5. The monoisotopic (exact) mass is 241 g/mol. The van der Waals surface area contributed by atoms with Crippen molar-refractivity contribution in [2.45, 2.75) is 32.6 Å². The standard InChI is InChI=1S/C12H16ClNO2/c1-2-4-12(5-6-12)8-14-11(15)9-3-7-16-10(9)13/h3,7H,2,4-6,8H2,1H3,(H,14,15). The highest BCUT2D eigenvalue weighted by atomic mass is 35.5. The van der Waals surface area contributed by atoms with E-state index >= 15 is 0 Å². The first-order valence-electron chi connectivity index (χ1n) is 5.68. The number of hydrogen-bond donors (Lipinski definition) is 1. The summed E-state index contributed by atoms with van der Waals surface area (Å²) in [5.74, 6) is -0.138. The smallest absolute Gasteiger partial charge is 0.256 e. The summed E-state index contributed by atoms with van der Waals surface area (Å²) >= 11 is 5.73. The van der Waals surface area contributed by atoms with Gasteiger partial charge in [-0.1, -0.05) is 13.3 Å². The quantitative estimate of drug-likeness (QED) is 0.860. The minimum absolute atomic E-state index is 0.138. The second-order valence-corrected chi connectivity index (χ2v) is 4.88. The fourth-order valence-corrected chi connectivity index (χ4v) is 2.24. The summed E-state index contributed by atoms with van der Waals surface area (Å²) in [5.41, 5.74) is 0.787. The van der Waals surface area contributed by atoms with Crippen LogP contribution in [0.4, 0.5) is 0 Å². The third kappa shape index (κ3) is 2.40. The molecule has 1 aromatic rings. The molecule has 1 aliphatic carbocycles. The maximum absolute atomic E-state index is 11.7. The molecule has 88 valence electrons. The Bertz CT molecular complexity index is 382. The van der Waals surface area contributed by atoms with E-state index < -0.39 is 0 Å². The van der Waals surface area contributed by atoms with E-state index in [1.165, 1.54) is 31.9 Å². The summed E-state index contributed by atoms with van der Waals surface area (Å²) in [6.45, 7) is 2.93. The highest BCUT2D eigenvalue weighted by molar-refractivity contribution is 6.32. The number of furan rings is 1. The van der Waals surface area contributed by atoms with E-state index in [2.05, 4.69) is 12.2 Å². The van der Waals surface area contributed by atoms with Crippen LogP contribution in [0, 0.1) is 5.41 Å². The van der Waals surface area contributed by atoms with Crippen LogP contribution in [-0.4, -0.2) is 12.5 Å². The Morgan fingerprint density at radius 3 is 2.88 bits per heavy atom. The minimum Gasteiger partial charge on any atom is -0.452 e. The van der Waals surface area contributed by atoms with Crippen LogP contribution in [-0.2, 0) is 0 Å². The molecule has 0 atom stereocenters. The second kappa shape index (κ2) is 4.50. The third-order valence-corrected chi connectivity index (χ3v) is 3.52. The van der Waals surface area contributed by atoms with Gasteiger partial charge in [-0.05, 0) is 42.3 Å². The van der Waals surface area contributed by atoms with Gasteiger partial charge in [0.15, 0.2) is 0 Å². The van der Waals surface area contributed by atoms with E-state index in [9.17, 15) is 4.79 Å². The van der Waals surface area contributed by atoms with Crippen LogP contribution < -0.4 is 5.32 Å². The van der Waals surface area contributed by atoms with Crippen molar-refractivity contribution in [1.29, 1.82) is 0 Å². The van der Waals surface area contributed by atoms with Crippen LogP contribution in [0.1, 0.15) is 43.0 Å². The molecule has 0 spiro atoms. The highest BCUT2D eigenvalue weighted by Crippen LogP contribution is 2.48. The normalized spacial score (nSPS) is 17.1. The van der Waals surface area contributed by atoms with Crippen LogP contribution in [0.2, 0.25) is 5.22 Å². The molecule has 0 saturated heterocycles. The molecule has 1 aliphatic rings. The average Bonchev–Trinajstić information content (AvgIpc) is 2.89. The lowest BCUT2D eigenvalue weighted by atomic mass is 10.0. The molecule has 0 radical (unpaired) electrons. The lowest BCUT2D eigenvalue weighted by Gasteiger charge is -2.14. The van der Waals surface area contributed by atoms with Crippen molar-refractivity contribution in [3.05, 3.63) is 23.1 Å². The van der Waals surface area contributed by atoms with Crippen molar-refractivity contribution in [2.24, 2.45) is 5.41 Å². The topological polar surface area (TPSA) is 42.2 Å². The van der Waals surface area contributed by atoms with Crippen molar-refractivity contribution in [3.8, 4) is 0 Å². The summed E-state index contributed by atoms with van der Waals surface area (Å²) in [7, 11) is 0. The number of hydrogen-bond acceptors (Lipinski definition) is 2. The van der Waals surface area contributed by atoms with E-state index in [-0.39, 0.29) is 11.1 Å². The Kier molecular flexibility index (Phi) is 3.24. The summed E-state index contributed by atoms with van der Waals surface area (Å²) in [4.78, 5) is 11.7. The lowest BCUT2D eigenvalue weighted by molar-refractivity contribution is 0.0943. The summed E-state index contributed by atoms with van der Waals surface area (Å²) in [6, 6.07) is 1.59. The zero-order valence-corrected chi connectivity index (χ0v) is 10.1. The van der Waals surface area contributed by atoms with Crippen molar-refractivity contribution in [3.63, 3.8) is 0 Å². The lowest BCUT2D eigenvalue weighted by Crippen LogP contribution is -2.30. The molecule has 1 aromatic heterocycles. The van der Waals surface area contributed by atoms with Crippen molar-refractivity contribution in [1.82, 2.24) is 5.32 Å². The zero-order chi connectivity index (χ0) is 11.6. The molecule has 0 unspecified atom stereocenters. The van der Waals surface area contributed by atoms with Gasteiger partial charge in [-0.3, -0.25) is 4.79 Å². The predicted octanol–water partition coefficient (Wildman–Crippen LogP) is 3.24. The number of nitrogens with one attached hydrogen (secondary N) is 1. The Balaban J connectivity index is 1.87. The average molecular weight is 242 g/mol. The van der Waals surface area contributed by atoms with Crippen molar-refractivity contribution >= 4 is 17.5 Å². The van der Waals surface area contributed by atoms with Gasteiger partial charge in [0.05, 0.1) is 11.8 Å². The molecule has 1 saturated carbocycles. The molecule has 16 heavy (non-hydrogen) atoms. The summed E-state index contributed by atoms with van der Waals surface area (Å²) in [5, 5.41) is 3.09. The van der Waals surface area contributed by atoms with E-state index in [1.807, 2.05) is 0 Å². The van der Waals surface area contributed by atoms with Gasteiger partial charge in [0.1, 0.15) is 0 Å². The summed E-state index contributed by atoms with van der Waals surface area (Å²) in [6.07, 6.45) is 6.23. The van der Waals surface area contributed by atoms with Crippen molar-refractivity contribution in [2.75, 3.05) is 6.54 Å². The van der Waals surface area contributed by atoms with Gasteiger partial charge >= 0.3 is 0 Å². The van der Waals surface area contributed by atoms with Crippen LogP contribution in [0.5, 0.6) is 0 Å². The van der Waals surface area contributed by atoms with Gasteiger partial charge in [-0.2, -0.15) is 0 Å². The third-order valence-electron chi connectivity index (χ3n) is 3.22. The maximum Gasteiger partial charge on any atom is 0.256 e.